The van der Waals surface area contributed by atoms with Gasteiger partial charge in [0.2, 0.25) is 0 Å². The van der Waals surface area contributed by atoms with Crippen LogP contribution in [0.1, 0.15) is 30.6 Å². The molecule has 0 aliphatic carbocycles. The van der Waals surface area contributed by atoms with E-state index in [1.165, 1.54) is 10.6 Å². The van der Waals surface area contributed by atoms with Gasteiger partial charge in [0, 0.05) is 18.9 Å². The van der Waals surface area contributed by atoms with E-state index in [0.29, 0.717) is 5.65 Å². The van der Waals surface area contributed by atoms with Gasteiger partial charge in [0.15, 0.2) is 0 Å². The molecule has 0 aliphatic rings. The fourth-order valence-electron chi connectivity index (χ4n) is 1.88. The molecule has 22 heavy (non-hydrogen) atoms. The SMILES string of the molecule is CC(C)OC(=O)CCNC(=O)c1cnc2ccccn2c1=O. The maximum atomic E-state index is 12.2. The van der Waals surface area contributed by atoms with Crippen molar-refractivity contribution in [3.05, 3.63) is 46.5 Å². The van der Waals surface area contributed by atoms with Gasteiger partial charge in [0.05, 0.1) is 12.5 Å². The number of esters is 1. The van der Waals surface area contributed by atoms with E-state index in [-0.39, 0.29) is 24.6 Å². The molecule has 116 valence electrons. The second-order valence-corrected chi connectivity index (χ2v) is 4.95. The molecule has 7 heteroatoms. The van der Waals surface area contributed by atoms with Crippen LogP contribution in [0, 0.1) is 0 Å². The monoisotopic (exact) mass is 303 g/mol. The number of fused-ring (bicyclic) bond motifs is 1. The molecule has 1 N–H and O–H groups in total. The van der Waals surface area contributed by atoms with Crippen LogP contribution in [0.15, 0.2) is 35.4 Å². The number of pyridine rings is 1. The molecule has 0 atom stereocenters. The van der Waals surface area contributed by atoms with Crippen molar-refractivity contribution in [1.29, 1.82) is 0 Å². The maximum Gasteiger partial charge on any atom is 0.307 e. The van der Waals surface area contributed by atoms with Gasteiger partial charge >= 0.3 is 5.97 Å². The fourth-order valence-corrected chi connectivity index (χ4v) is 1.88. The quantitative estimate of drug-likeness (QED) is 0.824. The first-order valence-corrected chi connectivity index (χ1v) is 6.93. The lowest BCUT2D eigenvalue weighted by Gasteiger charge is -2.08. The third kappa shape index (κ3) is 3.69. The van der Waals surface area contributed by atoms with E-state index in [4.69, 9.17) is 4.74 Å². The molecule has 0 aliphatic heterocycles. The third-order valence-electron chi connectivity index (χ3n) is 2.84. The highest BCUT2D eigenvalue weighted by atomic mass is 16.5. The van der Waals surface area contributed by atoms with Gasteiger partial charge in [-0.05, 0) is 26.0 Å². The highest BCUT2D eigenvalue weighted by Crippen LogP contribution is 1.98. The summed E-state index contributed by atoms with van der Waals surface area (Å²) in [7, 11) is 0. The topological polar surface area (TPSA) is 89.8 Å². The molecule has 0 aromatic carbocycles. The highest BCUT2D eigenvalue weighted by molar-refractivity contribution is 5.93. The van der Waals surface area contributed by atoms with E-state index < -0.39 is 17.4 Å². The zero-order chi connectivity index (χ0) is 16.1. The molecule has 0 bridgehead atoms. The summed E-state index contributed by atoms with van der Waals surface area (Å²) in [6, 6.07) is 5.10. The molecule has 0 fully saturated rings. The molecule has 0 saturated heterocycles. The Labute approximate surface area is 126 Å². The molecular weight excluding hydrogens is 286 g/mol. The van der Waals surface area contributed by atoms with Crippen LogP contribution in [0.3, 0.4) is 0 Å². The van der Waals surface area contributed by atoms with Crippen LogP contribution in [0.4, 0.5) is 0 Å². The standard InChI is InChI=1S/C15H17N3O4/c1-10(2)22-13(19)6-7-16-14(20)11-9-17-12-5-3-4-8-18(12)15(11)21/h3-5,8-10H,6-7H2,1-2H3,(H,16,20). The summed E-state index contributed by atoms with van der Waals surface area (Å²) in [6.07, 6.45) is 2.63. The lowest BCUT2D eigenvalue weighted by Crippen LogP contribution is -2.33. The van der Waals surface area contributed by atoms with Crippen molar-refractivity contribution in [2.45, 2.75) is 26.4 Å². The molecule has 2 aromatic heterocycles. The van der Waals surface area contributed by atoms with Gasteiger partial charge in [0.1, 0.15) is 11.2 Å². The average Bonchev–Trinajstić information content (AvgIpc) is 2.47. The Bertz CT molecular complexity index is 752. The second kappa shape index (κ2) is 6.84. The number of amides is 1. The number of nitrogens with zero attached hydrogens (tertiary/aromatic N) is 2. The van der Waals surface area contributed by atoms with Crippen LogP contribution in [0.25, 0.3) is 5.65 Å². The minimum absolute atomic E-state index is 0.0479. The van der Waals surface area contributed by atoms with Crippen LogP contribution in [-0.2, 0) is 9.53 Å². The van der Waals surface area contributed by atoms with Crippen LogP contribution < -0.4 is 10.9 Å². The Hall–Kier alpha value is -2.70. The van der Waals surface area contributed by atoms with Gasteiger partial charge in [-0.2, -0.15) is 0 Å². The van der Waals surface area contributed by atoms with E-state index in [1.54, 1.807) is 38.2 Å². The van der Waals surface area contributed by atoms with Gasteiger partial charge < -0.3 is 10.1 Å². The van der Waals surface area contributed by atoms with E-state index in [2.05, 4.69) is 10.3 Å². The smallest absolute Gasteiger partial charge is 0.307 e. The fraction of sp³-hybridized carbons (Fsp3) is 0.333. The van der Waals surface area contributed by atoms with Crippen molar-refractivity contribution in [2.24, 2.45) is 0 Å². The van der Waals surface area contributed by atoms with E-state index in [1.807, 2.05) is 0 Å². The Kier molecular flexibility index (Phi) is 4.88. The highest BCUT2D eigenvalue weighted by Gasteiger charge is 2.13. The molecule has 2 heterocycles. The Morgan fingerprint density at radius 1 is 1.36 bits per heavy atom. The summed E-state index contributed by atoms with van der Waals surface area (Å²) in [5.74, 6) is -0.961. The molecule has 0 radical (unpaired) electrons. The largest absolute Gasteiger partial charge is 0.463 e. The number of ether oxygens (including phenoxy) is 1. The lowest BCUT2D eigenvalue weighted by molar-refractivity contribution is -0.147. The zero-order valence-electron chi connectivity index (χ0n) is 12.4. The summed E-state index contributed by atoms with van der Waals surface area (Å²) in [6.45, 7) is 3.59. The van der Waals surface area contributed by atoms with E-state index in [9.17, 15) is 14.4 Å². The number of carbonyl (C=O) groups excluding carboxylic acids is 2. The van der Waals surface area contributed by atoms with Crippen LogP contribution in [0.2, 0.25) is 0 Å². The van der Waals surface area contributed by atoms with Crippen molar-refractivity contribution in [3.63, 3.8) is 0 Å². The molecule has 0 unspecified atom stereocenters. The Morgan fingerprint density at radius 2 is 2.14 bits per heavy atom. The summed E-state index contributed by atoms with van der Waals surface area (Å²) in [4.78, 5) is 39.6. The first-order chi connectivity index (χ1) is 10.5. The Morgan fingerprint density at radius 3 is 2.86 bits per heavy atom. The van der Waals surface area contributed by atoms with E-state index in [0.717, 1.165) is 0 Å². The van der Waals surface area contributed by atoms with Crippen molar-refractivity contribution < 1.29 is 14.3 Å². The number of aromatic nitrogens is 2. The predicted molar refractivity (Wildman–Crippen MR) is 79.6 cm³/mol. The van der Waals surface area contributed by atoms with Crippen molar-refractivity contribution in [3.8, 4) is 0 Å². The summed E-state index contributed by atoms with van der Waals surface area (Å²) >= 11 is 0. The molecule has 1 amide bonds. The summed E-state index contributed by atoms with van der Waals surface area (Å²) in [5, 5.41) is 2.52. The van der Waals surface area contributed by atoms with Gasteiger partial charge in [-0.3, -0.25) is 18.8 Å². The second-order valence-electron chi connectivity index (χ2n) is 4.95. The van der Waals surface area contributed by atoms with E-state index >= 15 is 0 Å². The minimum Gasteiger partial charge on any atom is -0.463 e. The van der Waals surface area contributed by atoms with Crippen LogP contribution >= 0.6 is 0 Å². The number of nitrogens with one attached hydrogen (secondary N) is 1. The van der Waals surface area contributed by atoms with Crippen molar-refractivity contribution in [2.75, 3.05) is 6.54 Å². The molecule has 2 aromatic rings. The normalized spacial score (nSPS) is 10.7. The average molecular weight is 303 g/mol. The van der Waals surface area contributed by atoms with Gasteiger partial charge in [-0.15, -0.1) is 0 Å². The zero-order valence-corrected chi connectivity index (χ0v) is 12.4. The predicted octanol–water partition coefficient (Wildman–Crippen LogP) is 0.766. The van der Waals surface area contributed by atoms with Crippen LogP contribution in [-0.4, -0.2) is 33.9 Å². The molecular formula is C15H17N3O4. The minimum atomic E-state index is -0.562. The third-order valence-corrected chi connectivity index (χ3v) is 2.84. The number of hydrogen-bond acceptors (Lipinski definition) is 5. The van der Waals surface area contributed by atoms with Gasteiger partial charge in [0.25, 0.3) is 11.5 Å². The maximum absolute atomic E-state index is 12.2. The molecule has 7 nitrogen and oxygen atoms in total. The number of rotatable bonds is 5. The van der Waals surface area contributed by atoms with Crippen molar-refractivity contribution >= 4 is 17.5 Å². The first kappa shape index (κ1) is 15.7. The number of carbonyl (C=O) groups is 2. The van der Waals surface area contributed by atoms with Gasteiger partial charge in [-0.25, -0.2) is 4.98 Å². The molecule has 0 saturated carbocycles. The molecule has 0 spiro atoms. The molecule has 2 rings (SSSR count). The van der Waals surface area contributed by atoms with Crippen molar-refractivity contribution in [1.82, 2.24) is 14.7 Å². The summed E-state index contributed by atoms with van der Waals surface area (Å²) < 4.78 is 6.24. The first-order valence-electron chi connectivity index (χ1n) is 6.93. The summed E-state index contributed by atoms with van der Waals surface area (Å²) in [5.41, 5.74) is -0.0571. The van der Waals surface area contributed by atoms with Crippen LogP contribution in [0.5, 0.6) is 0 Å². The van der Waals surface area contributed by atoms with Gasteiger partial charge in [-0.1, -0.05) is 6.07 Å². The Balaban J connectivity index is 2.03. The lowest BCUT2D eigenvalue weighted by atomic mass is 10.3. The number of hydrogen-bond donors (Lipinski definition) is 1.